The van der Waals surface area contributed by atoms with Crippen LogP contribution in [0.4, 0.5) is 0 Å². The summed E-state index contributed by atoms with van der Waals surface area (Å²) < 4.78 is 0. The fraction of sp³-hybridized carbons (Fsp3) is 0.900. The molecule has 0 fully saturated rings. The molecule has 0 spiro atoms. The lowest BCUT2D eigenvalue weighted by atomic mass is 10.3. The molecule has 4 heteroatoms. The molecular weight excluding hydrogens is 178 g/mol. The molecule has 0 saturated carbocycles. The average molecular weight is 201 g/mol. The summed E-state index contributed by atoms with van der Waals surface area (Å²) in [7, 11) is 5.72. The Morgan fingerprint density at radius 1 is 1.36 bits per heavy atom. The molecule has 0 aliphatic carbocycles. The van der Waals surface area contributed by atoms with Gasteiger partial charge in [0.05, 0.1) is 6.54 Å². The van der Waals surface area contributed by atoms with E-state index in [2.05, 4.69) is 5.32 Å². The summed E-state index contributed by atoms with van der Waals surface area (Å²) in [6.45, 7) is 6.20. The molecule has 84 valence electrons. The molecule has 0 atom stereocenters. The number of nitrogens with one attached hydrogen (secondary N) is 1. The fourth-order valence-electron chi connectivity index (χ4n) is 1.26. The highest BCUT2D eigenvalue weighted by atomic mass is 16.2. The number of hydrogen-bond donors (Lipinski definition) is 1. The van der Waals surface area contributed by atoms with Crippen LogP contribution in [-0.4, -0.2) is 62.5 Å². The first-order valence-corrected chi connectivity index (χ1v) is 5.07. The second-order valence-corrected chi connectivity index (χ2v) is 4.02. The van der Waals surface area contributed by atoms with E-state index in [4.69, 9.17) is 0 Å². The van der Waals surface area contributed by atoms with Crippen LogP contribution in [0.25, 0.3) is 0 Å². The van der Waals surface area contributed by atoms with Gasteiger partial charge in [-0.1, -0.05) is 0 Å². The maximum atomic E-state index is 11.8. The van der Waals surface area contributed by atoms with Crippen molar-refractivity contribution in [2.45, 2.75) is 19.9 Å². The molecule has 0 aliphatic heterocycles. The standard InChI is InChI=1S/C10H23N3O/c1-9(2)13(7-6-11-3)10(14)8-12(4)5/h9,11H,6-8H2,1-5H3. The van der Waals surface area contributed by atoms with Gasteiger partial charge in [-0.3, -0.25) is 4.79 Å². The maximum Gasteiger partial charge on any atom is 0.237 e. The molecule has 0 aliphatic rings. The highest BCUT2D eigenvalue weighted by molar-refractivity contribution is 5.78. The summed E-state index contributed by atoms with van der Waals surface area (Å²) >= 11 is 0. The summed E-state index contributed by atoms with van der Waals surface area (Å²) in [5.74, 6) is 0.195. The van der Waals surface area contributed by atoms with E-state index in [1.165, 1.54) is 0 Å². The third-order valence-electron chi connectivity index (χ3n) is 2.00. The Labute approximate surface area is 87.3 Å². The molecule has 14 heavy (non-hydrogen) atoms. The highest BCUT2D eigenvalue weighted by Crippen LogP contribution is 1.98. The zero-order valence-electron chi connectivity index (χ0n) is 10.0. The molecule has 0 heterocycles. The molecular formula is C10H23N3O. The van der Waals surface area contributed by atoms with Crippen LogP contribution in [0, 0.1) is 0 Å². The van der Waals surface area contributed by atoms with Crippen LogP contribution in [0.3, 0.4) is 0 Å². The van der Waals surface area contributed by atoms with Crippen molar-refractivity contribution < 1.29 is 4.79 Å². The van der Waals surface area contributed by atoms with Gasteiger partial charge >= 0.3 is 0 Å². The Hall–Kier alpha value is -0.610. The Bertz CT molecular complexity index is 169. The fourth-order valence-corrected chi connectivity index (χ4v) is 1.26. The van der Waals surface area contributed by atoms with Crippen LogP contribution >= 0.6 is 0 Å². The maximum absolute atomic E-state index is 11.8. The predicted molar refractivity (Wildman–Crippen MR) is 59.3 cm³/mol. The third-order valence-corrected chi connectivity index (χ3v) is 2.00. The first-order chi connectivity index (χ1) is 6.49. The molecule has 0 rings (SSSR count). The van der Waals surface area contributed by atoms with Gasteiger partial charge in [0.15, 0.2) is 0 Å². The van der Waals surface area contributed by atoms with E-state index in [1.54, 1.807) is 0 Å². The Morgan fingerprint density at radius 2 is 1.93 bits per heavy atom. The van der Waals surface area contributed by atoms with Gasteiger partial charge in [-0.2, -0.15) is 0 Å². The van der Waals surface area contributed by atoms with Crippen molar-refractivity contribution in [1.29, 1.82) is 0 Å². The third kappa shape index (κ3) is 5.19. The van der Waals surface area contributed by atoms with Crippen LogP contribution in [0.1, 0.15) is 13.8 Å². The lowest BCUT2D eigenvalue weighted by molar-refractivity contribution is -0.133. The molecule has 0 radical (unpaired) electrons. The second-order valence-electron chi connectivity index (χ2n) is 4.02. The zero-order valence-corrected chi connectivity index (χ0v) is 10.0. The van der Waals surface area contributed by atoms with Gasteiger partial charge in [0.2, 0.25) is 5.91 Å². The molecule has 0 saturated heterocycles. The van der Waals surface area contributed by atoms with E-state index in [-0.39, 0.29) is 11.9 Å². The number of likely N-dealkylation sites (N-methyl/N-ethyl adjacent to an activating group) is 2. The van der Waals surface area contributed by atoms with Crippen molar-refractivity contribution >= 4 is 5.91 Å². The van der Waals surface area contributed by atoms with Gasteiger partial charge in [-0.25, -0.2) is 0 Å². The minimum atomic E-state index is 0.195. The monoisotopic (exact) mass is 201 g/mol. The Morgan fingerprint density at radius 3 is 2.29 bits per heavy atom. The van der Waals surface area contributed by atoms with E-state index in [0.717, 1.165) is 13.1 Å². The number of carbonyl (C=O) groups is 1. The molecule has 1 N–H and O–H groups in total. The summed E-state index contributed by atoms with van der Waals surface area (Å²) in [5.41, 5.74) is 0. The van der Waals surface area contributed by atoms with Gasteiger partial charge < -0.3 is 15.1 Å². The second kappa shape index (κ2) is 6.79. The van der Waals surface area contributed by atoms with E-state index < -0.39 is 0 Å². The summed E-state index contributed by atoms with van der Waals surface area (Å²) in [4.78, 5) is 15.6. The van der Waals surface area contributed by atoms with Crippen molar-refractivity contribution in [1.82, 2.24) is 15.1 Å². The van der Waals surface area contributed by atoms with Crippen molar-refractivity contribution in [3.8, 4) is 0 Å². The van der Waals surface area contributed by atoms with Crippen LogP contribution in [0.15, 0.2) is 0 Å². The molecule has 0 aromatic heterocycles. The SMILES string of the molecule is CNCCN(C(=O)CN(C)C)C(C)C. The topological polar surface area (TPSA) is 35.6 Å². The van der Waals surface area contributed by atoms with Gasteiger partial charge in [0.1, 0.15) is 0 Å². The molecule has 0 bridgehead atoms. The summed E-state index contributed by atoms with van der Waals surface area (Å²) in [6.07, 6.45) is 0. The van der Waals surface area contributed by atoms with E-state index in [1.807, 2.05) is 44.8 Å². The van der Waals surface area contributed by atoms with E-state index >= 15 is 0 Å². The summed E-state index contributed by atoms with van der Waals surface area (Å²) in [6, 6.07) is 0.274. The first-order valence-electron chi connectivity index (χ1n) is 5.07. The number of carbonyl (C=O) groups excluding carboxylic acids is 1. The minimum absolute atomic E-state index is 0.195. The van der Waals surface area contributed by atoms with Crippen molar-refractivity contribution in [3.05, 3.63) is 0 Å². The zero-order chi connectivity index (χ0) is 11.1. The minimum Gasteiger partial charge on any atom is -0.338 e. The van der Waals surface area contributed by atoms with Crippen LogP contribution in [-0.2, 0) is 4.79 Å². The van der Waals surface area contributed by atoms with Crippen LogP contribution < -0.4 is 5.32 Å². The Balaban J connectivity index is 4.11. The van der Waals surface area contributed by atoms with Crippen LogP contribution in [0.2, 0.25) is 0 Å². The number of amides is 1. The van der Waals surface area contributed by atoms with Crippen molar-refractivity contribution in [3.63, 3.8) is 0 Å². The van der Waals surface area contributed by atoms with Gasteiger partial charge in [-0.05, 0) is 35.0 Å². The number of rotatable bonds is 6. The first kappa shape index (κ1) is 13.4. The predicted octanol–water partition coefficient (Wildman–Crippen LogP) is 0.00440. The largest absolute Gasteiger partial charge is 0.338 e. The average Bonchev–Trinajstić information content (AvgIpc) is 2.02. The molecule has 1 amide bonds. The molecule has 0 aromatic rings. The Kier molecular flexibility index (Phi) is 6.49. The van der Waals surface area contributed by atoms with Crippen molar-refractivity contribution in [2.24, 2.45) is 0 Å². The molecule has 0 unspecified atom stereocenters. The lowest BCUT2D eigenvalue weighted by Gasteiger charge is -2.28. The van der Waals surface area contributed by atoms with Gasteiger partial charge in [0.25, 0.3) is 0 Å². The van der Waals surface area contributed by atoms with Gasteiger partial charge in [-0.15, -0.1) is 0 Å². The molecule has 4 nitrogen and oxygen atoms in total. The quantitative estimate of drug-likeness (QED) is 0.657. The van der Waals surface area contributed by atoms with E-state index in [0.29, 0.717) is 6.54 Å². The van der Waals surface area contributed by atoms with Crippen molar-refractivity contribution in [2.75, 3.05) is 40.8 Å². The lowest BCUT2D eigenvalue weighted by Crippen LogP contribution is -2.44. The smallest absolute Gasteiger partial charge is 0.237 e. The normalized spacial score (nSPS) is 11.1. The molecule has 0 aromatic carbocycles. The number of nitrogens with zero attached hydrogens (tertiary/aromatic N) is 2. The van der Waals surface area contributed by atoms with Gasteiger partial charge in [0, 0.05) is 19.1 Å². The highest BCUT2D eigenvalue weighted by Gasteiger charge is 2.16. The summed E-state index contributed by atoms with van der Waals surface area (Å²) in [5, 5.41) is 3.05. The van der Waals surface area contributed by atoms with E-state index in [9.17, 15) is 4.79 Å². The number of hydrogen-bond acceptors (Lipinski definition) is 3. The van der Waals surface area contributed by atoms with Crippen LogP contribution in [0.5, 0.6) is 0 Å².